The van der Waals surface area contributed by atoms with E-state index in [4.69, 9.17) is 0 Å². The standard InChI is InChI=1S/C25H24N2O4/c28-23(20-14-8-3-9-15-20)26-21(16-18-10-4-1-5-11-18)24(29)27-22(25(30)31)17-19-12-6-2-7-13-19/h1-15,21-22H,16-17H2,(H,26,28)(H,27,29)(H,30,31)/t21-,22-/m0/s1. The Morgan fingerprint density at radius 1 is 0.645 bits per heavy atom. The number of hydrogen-bond donors (Lipinski definition) is 3. The largest absolute Gasteiger partial charge is 0.480 e. The van der Waals surface area contributed by atoms with Gasteiger partial charge in [0.15, 0.2) is 0 Å². The highest BCUT2D eigenvalue weighted by atomic mass is 16.4. The van der Waals surface area contributed by atoms with Gasteiger partial charge in [-0.15, -0.1) is 0 Å². The van der Waals surface area contributed by atoms with Gasteiger partial charge in [-0.2, -0.15) is 0 Å². The van der Waals surface area contributed by atoms with E-state index in [0.29, 0.717) is 5.56 Å². The summed E-state index contributed by atoms with van der Waals surface area (Å²) in [6, 6.07) is 24.9. The number of rotatable bonds is 9. The van der Waals surface area contributed by atoms with Gasteiger partial charge in [0.05, 0.1) is 0 Å². The summed E-state index contributed by atoms with van der Waals surface area (Å²) in [5.41, 5.74) is 2.07. The summed E-state index contributed by atoms with van der Waals surface area (Å²) >= 11 is 0. The molecule has 3 aromatic carbocycles. The van der Waals surface area contributed by atoms with Gasteiger partial charge in [0, 0.05) is 18.4 Å². The Hall–Kier alpha value is -3.93. The first kappa shape index (κ1) is 21.8. The van der Waals surface area contributed by atoms with Crippen LogP contribution in [0.25, 0.3) is 0 Å². The van der Waals surface area contributed by atoms with Gasteiger partial charge in [-0.05, 0) is 23.3 Å². The molecule has 0 saturated heterocycles. The first-order valence-corrected chi connectivity index (χ1v) is 10.00. The van der Waals surface area contributed by atoms with Gasteiger partial charge in [0.2, 0.25) is 5.91 Å². The van der Waals surface area contributed by atoms with Gasteiger partial charge in [-0.1, -0.05) is 78.9 Å². The van der Waals surface area contributed by atoms with Gasteiger partial charge in [-0.25, -0.2) is 4.79 Å². The van der Waals surface area contributed by atoms with Crippen molar-refractivity contribution in [2.24, 2.45) is 0 Å². The molecule has 3 rings (SSSR count). The average Bonchev–Trinajstić information content (AvgIpc) is 2.80. The Morgan fingerprint density at radius 2 is 1.10 bits per heavy atom. The molecule has 3 aromatic rings. The Morgan fingerprint density at radius 3 is 1.58 bits per heavy atom. The smallest absolute Gasteiger partial charge is 0.326 e. The van der Waals surface area contributed by atoms with E-state index < -0.39 is 29.9 Å². The molecule has 0 spiro atoms. The number of aliphatic carboxylic acids is 1. The zero-order valence-electron chi connectivity index (χ0n) is 16.9. The maximum absolute atomic E-state index is 13.0. The molecule has 0 aromatic heterocycles. The number of amides is 2. The third-order valence-electron chi connectivity index (χ3n) is 4.84. The monoisotopic (exact) mass is 416 g/mol. The molecule has 0 bridgehead atoms. The lowest BCUT2D eigenvalue weighted by Crippen LogP contribution is -2.53. The lowest BCUT2D eigenvalue weighted by Gasteiger charge is -2.22. The minimum Gasteiger partial charge on any atom is -0.480 e. The number of hydrogen-bond acceptors (Lipinski definition) is 3. The summed E-state index contributed by atoms with van der Waals surface area (Å²) in [7, 11) is 0. The minimum atomic E-state index is -1.13. The zero-order valence-corrected chi connectivity index (χ0v) is 16.9. The Bertz CT molecular complexity index is 1010. The Balaban J connectivity index is 1.76. The highest BCUT2D eigenvalue weighted by molar-refractivity contribution is 5.98. The summed E-state index contributed by atoms with van der Waals surface area (Å²) in [5.74, 6) is -2.08. The molecular weight excluding hydrogens is 392 g/mol. The molecule has 0 aliphatic rings. The van der Waals surface area contributed by atoms with E-state index in [9.17, 15) is 19.5 Å². The van der Waals surface area contributed by atoms with E-state index in [1.165, 1.54) is 0 Å². The van der Waals surface area contributed by atoms with Crippen LogP contribution in [-0.2, 0) is 22.4 Å². The highest BCUT2D eigenvalue weighted by Gasteiger charge is 2.27. The van der Waals surface area contributed by atoms with Gasteiger partial charge >= 0.3 is 5.97 Å². The Labute approximate surface area is 180 Å². The molecule has 3 N–H and O–H groups in total. The number of carbonyl (C=O) groups excluding carboxylic acids is 2. The van der Waals surface area contributed by atoms with Crippen molar-refractivity contribution in [1.29, 1.82) is 0 Å². The molecular formula is C25H24N2O4. The van der Waals surface area contributed by atoms with E-state index in [1.54, 1.807) is 42.5 Å². The fraction of sp³-hybridized carbons (Fsp3) is 0.160. The fourth-order valence-corrected chi connectivity index (χ4v) is 3.21. The van der Waals surface area contributed by atoms with Crippen molar-refractivity contribution in [3.63, 3.8) is 0 Å². The van der Waals surface area contributed by atoms with E-state index in [0.717, 1.165) is 11.1 Å². The maximum Gasteiger partial charge on any atom is 0.326 e. The predicted octanol–water partition coefficient (Wildman–Crippen LogP) is 2.84. The number of nitrogens with one attached hydrogen (secondary N) is 2. The van der Waals surface area contributed by atoms with Crippen LogP contribution in [0.4, 0.5) is 0 Å². The molecule has 0 aliphatic heterocycles. The molecule has 6 heteroatoms. The Kier molecular flexibility index (Phi) is 7.54. The molecule has 0 fully saturated rings. The molecule has 6 nitrogen and oxygen atoms in total. The fourth-order valence-electron chi connectivity index (χ4n) is 3.21. The molecule has 158 valence electrons. The van der Waals surface area contributed by atoms with Crippen molar-refractivity contribution < 1.29 is 19.5 Å². The second-order valence-electron chi connectivity index (χ2n) is 7.17. The van der Waals surface area contributed by atoms with Crippen molar-refractivity contribution in [1.82, 2.24) is 10.6 Å². The number of carboxylic acids is 1. The normalized spacial score (nSPS) is 12.4. The summed E-state index contributed by atoms with van der Waals surface area (Å²) < 4.78 is 0. The van der Waals surface area contributed by atoms with Crippen molar-refractivity contribution in [3.8, 4) is 0 Å². The first-order chi connectivity index (χ1) is 15.0. The van der Waals surface area contributed by atoms with Crippen molar-refractivity contribution in [3.05, 3.63) is 108 Å². The van der Waals surface area contributed by atoms with Crippen molar-refractivity contribution in [2.45, 2.75) is 24.9 Å². The molecule has 0 aliphatic carbocycles. The van der Waals surface area contributed by atoms with Gasteiger partial charge in [-0.3, -0.25) is 9.59 Å². The van der Waals surface area contributed by atoms with Gasteiger partial charge in [0.1, 0.15) is 12.1 Å². The lowest BCUT2D eigenvalue weighted by molar-refractivity contribution is -0.142. The van der Waals surface area contributed by atoms with Crippen LogP contribution in [0.1, 0.15) is 21.5 Å². The number of carbonyl (C=O) groups is 3. The third-order valence-corrected chi connectivity index (χ3v) is 4.84. The summed E-state index contributed by atoms with van der Waals surface area (Å²) in [6.45, 7) is 0. The van der Waals surface area contributed by atoms with E-state index >= 15 is 0 Å². The molecule has 0 radical (unpaired) electrons. The summed E-state index contributed by atoms with van der Waals surface area (Å²) in [6.07, 6.45) is 0.384. The van der Waals surface area contributed by atoms with Crippen LogP contribution in [0.15, 0.2) is 91.0 Å². The first-order valence-electron chi connectivity index (χ1n) is 10.00. The van der Waals surface area contributed by atoms with Crippen molar-refractivity contribution >= 4 is 17.8 Å². The maximum atomic E-state index is 13.0. The average molecular weight is 416 g/mol. The molecule has 0 unspecified atom stereocenters. The molecule has 2 atom stereocenters. The molecule has 0 heterocycles. The van der Waals surface area contributed by atoms with E-state index in [-0.39, 0.29) is 12.8 Å². The topological polar surface area (TPSA) is 95.5 Å². The third kappa shape index (κ3) is 6.54. The van der Waals surface area contributed by atoms with Crippen LogP contribution in [0.5, 0.6) is 0 Å². The summed E-state index contributed by atoms with van der Waals surface area (Å²) in [4.78, 5) is 37.4. The van der Waals surface area contributed by atoms with Gasteiger partial charge in [0.25, 0.3) is 5.91 Å². The van der Waals surface area contributed by atoms with Crippen LogP contribution < -0.4 is 10.6 Å². The van der Waals surface area contributed by atoms with E-state index in [2.05, 4.69) is 10.6 Å². The lowest BCUT2D eigenvalue weighted by atomic mass is 10.0. The van der Waals surface area contributed by atoms with Crippen LogP contribution in [0.3, 0.4) is 0 Å². The SMILES string of the molecule is O=C(N[C@@H](Cc1ccccc1)C(=O)N[C@@H](Cc1ccccc1)C(=O)O)c1ccccc1. The molecule has 0 saturated carbocycles. The number of carboxylic acid groups (broad SMARTS) is 1. The second kappa shape index (κ2) is 10.7. The van der Waals surface area contributed by atoms with Crippen molar-refractivity contribution in [2.75, 3.05) is 0 Å². The van der Waals surface area contributed by atoms with Crippen LogP contribution in [-0.4, -0.2) is 35.0 Å². The van der Waals surface area contributed by atoms with Crippen LogP contribution >= 0.6 is 0 Å². The van der Waals surface area contributed by atoms with Gasteiger partial charge < -0.3 is 15.7 Å². The predicted molar refractivity (Wildman–Crippen MR) is 118 cm³/mol. The quantitative estimate of drug-likeness (QED) is 0.500. The van der Waals surface area contributed by atoms with Crippen LogP contribution in [0.2, 0.25) is 0 Å². The molecule has 2 amide bonds. The zero-order chi connectivity index (χ0) is 22.1. The van der Waals surface area contributed by atoms with E-state index in [1.807, 2.05) is 48.5 Å². The highest BCUT2D eigenvalue weighted by Crippen LogP contribution is 2.08. The summed E-state index contributed by atoms with van der Waals surface area (Å²) in [5, 5.41) is 14.9. The minimum absolute atomic E-state index is 0.145. The molecule has 31 heavy (non-hydrogen) atoms. The second-order valence-corrected chi connectivity index (χ2v) is 7.17. The van der Waals surface area contributed by atoms with Crippen LogP contribution in [0, 0.1) is 0 Å². The number of benzene rings is 3.